The van der Waals surface area contributed by atoms with Crippen LogP contribution in [-0.2, 0) is 11.3 Å². The molecule has 0 bridgehead atoms. The molecule has 5 aliphatic rings. The molecule has 1 aromatic rings. The number of carbonyl (C=O) groups is 1. The average molecular weight is 577 g/mol. The Morgan fingerprint density at radius 2 is 1.60 bits per heavy atom. The van der Waals surface area contributed by atoms with Crippen LogP contribution < -0.4 is 0 Å². The van der Waals surface area contributed by atoms with Gasteiger partial charge in [-0.1, -0.05) is 84.4 Å². The molecule has 2 unspecified atom stereocenters. The highest BCUT2D eigenvalue weighted by Gasteiger charge is 2.69. The monoisotopic (exact) mass is 576 g/mol. The van der Waals surface area contributed by atoms with Gasteiger partial charge in [0.05, 0.1) is 25.4 Å². The summed E-state index contributed by atoms with van der Waals surface area (Å²) >= 11 is 0. The maximum atomic E-state index is 11.1. The van der Waals surface area contributed by atoms with Crippen molar-refractivity contribution >= 4 is 6.29 Å². The van der Waals surface area contributed by atoms with E-state index in [1.807, 2.05) is 24.3 Å². The minimum absolute atomic E-state index is 0.0777. The topological polar surface area (TPSA) is 66.8 Å². The van der Waals surface area contributed by atoms with Crippen LogP contribution in [0.4, 0.5) is 0 Å². The van der Waals surface area contributed by atoms with Crippen LogP contribution in [0.3, 0.4) is 0 Å². The van der Waals surface area contributed by atoms with Gasteiger partial charge in [0.25, 0.3) is 0 Å². The first-order valence-electron chi connectivity index (χ1n) is 16.8. The summed E-state index contributed by atoms with van der Waals surface area (Å²) < 4.78 is 6.86. The van der Waals surface area contributed by atoms with Crippen molar-refractivity contribution in [3.05, 3.63) is 47.0 Å². The van der Waals surface area contributed by atoms with Gasteiger partial charge in [-0.05, 0) is 103 Å². The number of rotatable bonds is 5. The van der Waals surface area contributed by atoms with Crippen molar-refractivity contribution < 1.29 is 19.7 Å². The Balaban J connectivity index is 1.32. The molecule has 0 radical (unpaired) electrons. The number of fused-ring (bicyclic) bond motifs is 7. The number of hydrogen-bond acceptors (Lipinski definition) is 4. The van der Waals surface area contributed by atoms with Crippen LogP contribution in [0.15, 0.2) is 35.9 Å². The molecule has 0 aliphatic heterocycles. The number of ether oxygens (including phenoxy) is 1. The number of allylic oxidation sites excluding steroid dienone is 2. The van der Waals surface area contributed by atoms with E-state index in [1.165, 1.54) is 25.7 Å². The summed E-state index contributed by atoms with van der Waals surface area (Å²) in [6.07, 6.45) is 13.3. The highest BCUT2D eigenvalue weighted by atomic mass is 16.5. The highest BCUT2D eigenvalue weighted by molar-refractivity contribution is 5.74. The van der Waals surface area contributed by atoms with Gasteiger partial charge < -0.3 is 14.9 Å². The smallest absolute Gasteiger partial charge is 0.150 e. The van der Waals surface area contributed by atoms with E-state index in [0.29, 0.717) is 29.9 Å². The second kappa shape index (κ2) is 10.0. The fraction of sp³-hybridized carbons (Fsp3) is 0.763. The molecule has 0 aromatic heterocycles. The Bertz CT molecular complexity index is 1230. The predicted octanol–water partition coefficient (Wildman–Crippen LogP) is 8.15. The molecule has 10 atom stereocenters. The van der Waals surface area contributed by atoms with Crippen molar-refractivity contribution in [3.63, 3.8) is 0 Å². The molecule has 1 aromatic carbocycles. The molecule has 0 amide bonds. The first kappa shape index (κ1) is 30.5. The number of aldehydes is 1. The number of benzene rings is 1. The fourth-order valence-electron chi connectivity index (χ4n) is 11.8. The third kappa shape index (κ3) is 4.21. The first-order valence-corrected chi connectivity index (χ1v) is 16.8. The van der Waals surface area contributed by atoms with Gasteiger partial charge in [0.15, 0.2) is 0 Å². The van der Waals surface area contributed by atoms with E-state index in [2.05, 4.69) is 54.5 Å². The maximum absolute atomic E-state index is 11.1. The van der Waals surface area contributed by atoms with Gasteiger partial charge in [-0.15, -0.1) is 0 Å². The molecule has 6 rings (SSSR count). The van der Waals surface area contributed by atoms with E-state index < -0.39 is 11.5 Å². The molecule has 2 N–H and O–H groups in total. The van der Waals surface area contributed by atoms with E-state index >= 15 is 0 Å². The third-order valence-electron chi connectivity index (χ3n) is 14.8. The summed E-state index contributed by atoms with van der Waals surface area (Å²) in [5, 5.41) is 21.6. The predicted molar refractivity (Wildman–Crippen MR) is 168 cm³/mol. The van der Waals surface area contributed by atoms with E-state index in [0.717, 1.165) is 44.0 Å². The quantitative estimate of drug-likeness (QED) is 0.274. The number of aliphatic hydroxyl groups excluding tert-OH is 2. The highest BCUT2D eigenvalue weighted by Crippen LogP contribution is 2.75. The lowest BCUT2D eigenvalue weighted by Gasteiger charge is -2.71. The Hall–Kier alpha value is -1.49. The summed E-state index contributed by atoms with van der Waals surface area (Å²) in [6.45, 7) is 18.0. The summed E-state index contributed by atoms with van der Waals surface area (Å²) in [6, 6.07) is 7.84. The molecule has 0 spiro atoms. The van der Waals surface area contributed by atoms with Gasteiger partial charge in [-0.3, -0.25) is 4.79 Å². The van der Waals surface area contributed by atoms with Gasteiger partial charge in [0.2, 0.25) is 0 Å². The Kier molecular flexibility index (Phi) is 7.28. The summed E-state index contributed by atoms with van der Waals surface area (Å²) in [5.41, 5.74) is 3.97. The zero-order valence-electron chi connectivity index (χ0n) is 27.3. The van der Waals surface area contributed by atoms with E-state index in [-0.39, 0.29) is 39.8 Å². The normalized spacial score (nSPS) is 47.7. The van der Waals surface area contributed by atoms with E-state index in [4.69, 9.17) is 4.74 Å². The molecular formula is C38H56O4. The van der Waals surface area contributed by atoms with Crippen LogP contribution >= 0.6 is 0 Å². The lowest BCUT2D eigenvalue weighted by atomic mass is 9.33. The van der Waals surface area contributed by atoms with Crippen molar-refractivity contribution in [2.24, 2.45) is 50.2 Å². The Morgan fingerprint density at radius 1 is 0.881 bits per heavy atom. The van der Waals surface area contributed by atoms with Crippen LogP contribution in [0.25, 0.3) is 0 Å². The van der Waals surface area contributed by atoms with Gasteiger partial charge in [0.1, 0.15) is 6.29 Å². The molecule has 4 fully saturated rings. The van der Waals surface area contributed by atoms with Gasteiger partial charge in [0, 0.05) is 16.4 Å². The number of carbonyl (C=O) groups excluding carboxylic acids is 1. The molecule has 0 heterocycles. The molecule has 5 aliphatic carbocycles. The summed E-state index contributed by atoms with van der Waals surface area (Å²) in [4.78, 5) is 11.1. The van der Waals surface area contributed by atoms with Gasteiger partial charge >= 0.3 is 0 Å². The zero-order valence-corrected chi connectivity index (χ0v) is 27.3. The molecular weight excluding hydrogens is 520 g/mol. The Labute approximate surface area is 254 Å². The molecule has 4 nitrogen and oxygen atoms in total. The molecule has 0 saturated heterocycles. The molecule has 232 valence electrons. The number of hydrogen-bond donors (Lipinski definition) is 2. The molecule has 4 saturated carbocycles. The van der Waals surface area contributed by atoms with Crippen molar-refractivity contribution in [1.82, 2.24) is 0 Å². The Morgan fingerprint density at radius 3 is 2.26 bits per heavy atom. The van der Waals surface area contributed by atoms with Crippen molar-refractivity contribution in [1.29, 1.82) is 0 Å². The van der Waals surface area contributed by atoms with Crippen molar-refractivity contribution in [3.8, 4) is 0 Å². The summed E-state index contributed by atoms with van der Waals surface area (Å²) in [5.74, 6) is 1.44. The lowest BCUT2D eigenvalue weighted by molar-refractivity contribution is -0.220. The minimum Gasteiger partial charge on any atom is -0.396 e. The molecule has 42 heavy (non-hydrogen) atoms. The van der Waals surface area contributed by atoms with Gasteiger partial charge in [-0.25, -0.2) is 0 Å². The largest absolute Gasteiger partial charge is 0.396 e. The van der Waals surface area contributed by atoms with Gasteiger partial charge in [-0.2, -0.15) is 0 Å². The van der Waals surface area contributed by atoms with Crippen LogP contribution in [0.1, 0.15) is 122 Å². The van der Waals surface area contributed by atoms with Crippen LogP contribution in [0.2, 0.25) is 0 Å². The second-order valence-electron chi connectivity index (χ2n) is 17.3. The summed E-state index contributed by atoms with van der Waals surface area (Å²) in [7, 11) is 0. The SMILES string of the molecule is CC1(C)C[C@@H](OCc2ccc(C=O)cc2)[C@]2(C)CC[C@]3(C)C(=CCC4[C@@]5(C)CC[C@H](O)[C@](C)(CO)C5CC[C@]43C)[C@@H]2C1. The van der Waals surface area contributed by atoms with Crippen LogP contribution in [0.5, 0.6) is 0 Å². The first-order chi connectivity index (χ1) is 19.7. The fourth-order valence-corrected chi connectivity index (χ4v) is 11.8. The second-order valence-corrected chi connectivity index (χ2v) is 17.3. The van der Waals surface area contributed by atoms with E-state index in [1.54, 1.807) is 5.57 Å². The minimum atomic E-state index is -0.407. The zero-order chi connectivity index (χ0) is 30.3. The third-order valence-corrected chi connectivity index (χ3v) is 14.8. The van der Waals surface area contributed by atoms with Crippen LogP contribution in [-0.4, -0.2) is 35.3 Å². The van der Waals surface area contributed by atoms with Crippen molar-refractivity contribution in [2.75, 3.05) is 6.61 Å². The average Bonchev–Trinajstić information content (AvgIpc) is 2.95. The number of aliphatic hydroxyl groups is 2. The van der Waals surface area contributed by atoms with Crippen molar-refractivity contribution in [2.45, 2.75) is 125 Å². The van der Waals surface area contributed by atoms with E-state index in [9.17, 15) is 15.0 Å². The maximum Gasteiger partial charge on any atom is 0.150 e. The standard InChI is InChI=1S/C38H56O4/c1-33(2)20-28-27-12-13-30-35(4)16-15-31(41)36(5,24-40)29(35)14-17-38(30,7)37(27,6)19-18-34(28,3)32(21-33)42-23-26-10-8-25(22-39)9-11-26/h8-12,22,28-32,40-41H,13-21,23-24H2,1-7H3/t28-,29?,30?,31-,32+,34+,35-,36+,37+,38+/m0/s1. The lowest BCUT2D eigenvalue weighted by Crippen LogP contribution is -2.66. The van der Waals surface area contributed by atoms with Crippen LogP contribution in [0, 0.1) is 50.2 Å². The molecule has 4 heteroatoms.